The molecule has 186 valence electrons. The molecular weight excluding hydrogens is 502 g/mol. The summed E-state index contributed by atoms with van der Waals surface area (Å²) in [6.07, 6.45) is 1.01. The fraction of sp³-hybridized carbons (Fsp3) is 0.308. The highest BCUT2D eigenvalue weighted by Gasteiger charge is 2.49. The Morgan fingerprint density at radius 2 is 1.97 bits per heavy atom. The van der Waals surface area contributed by atoms with E-state index in [4.69, 9.17) is 21.1 Å². The third-order valence-corrected chi connectivity index (χ3v) is 8.44. The summed E-state index contributed by atoms with van der Waals surface area (Å²) >= 11 is 8.61. The van der Waals surface area contributed by atoms with Crippen LogP contribution in [0.5, 0.6) is 5.75 Å². The van der Waals surface area contributed by atoms with Gasteiger partial charge in [0.2, 0.25) is 5.43 Å². The second-order valence-corrected chi connectivity index (χ2v) is 10.4. The molecule has 1 aromatic heterocycles. The number of hydrogen-bond acceptors (Lipinski definition) is 7. The number of ether oxygens (including phenoxy) is 2. The Kier molecular flexibility index (Phi) is 5.95. The van der Waals surface area contributed by atoms with Gasteiger partial charge < -0.3 is 19.5 Å². The summed E-state index contributed by atoms with van der Waals surface area (Å²) in [5, 5.41) is 13.5. The number of methoxy groups -OCH3 is 1. The van der Waals surface area contributed by atoms with Crippen LogP contribution in [0.1, 0.15) is 33.2 Å². The van der Waals surface area contributed by atoms with Gasteiger partial charge in [-0.05, 0) is 23.3 Å². The van der Waals surface area contributed by atoms with Crippen LogP contribution in [-0.2, 0) is 15.2 Å². The standard InChI is InChI=1S/C26H24ClN3O5S/c1-34-11-16-12-35-13-21-29(16)26(33)24-25(32)19(31)9-10-28(24)30(21)23-17-6-2-3-8-20(17)36-14-15-5-4-7-18(27)22(15)23/h2-10,16,21,23,32H,11-14H2,1H3/t16?,21-,23-/m1/s1. The zero-order valence-corrected chi connectivity index (χ0v) is 21.0. The molecule has 0 aliphatic carbocycles. The lowest BCUT2D eigenvalue weighted by Crippen LogP contribution is -2.69. The highest BCUT2D eigenvalue weighted by Crippen LogP contribution is 2.46. The summed E-state index contributed by atoms with van der Waals surface area (Å²) in [6.45, 7) is 0.780. The van der Waals surface area contributed by atoms with Gasteiger partial charge >= 0.3 is 0 Å². The number of carbonyl (C=O) groups is 1. The van der Waals surface area contributed by atoms with E-state index in [2.05, 4.69) is 18.2 Å². The molecule has 1 fully saturated rings. The molecule has 3 aliphatic heterocycles. The molecule has 3 aromatic rings. The first-order valence-corrected chi connectivity index (χ1v) is 13.0. The summed E-state index contributed by atoms with van der Waals surface area (Å²) in [6, 6.07) is 14.4. The molecule has 1 saturated heterocycles. The third-order valence-electron chi connectivity index (χ3n) is 6.97. The van der Waals surface area contributed by atoms with Crippen molar-refractivity contribution in [3.05, 3.63) is 92.4 Å². The number of nitrogens with zero attached hydrogens (tertiary/aromatic N) is 3. The number of fused-ring (bicyclic) bond motifs is 4. The van der Waals surface area contributed by atoms with E-state index in [1.807, 2.05) is 29.3 Å². The minimum absolute atomic E-state index is 0.0789. The number of hydrogen-bond donors (Lipinski definition) is 1. The minimum atomic E-state index is -0.611. The van der Waals surface area contributed by atoms with Crippen molar-refractivity contribution in [1.29, 1.82) is 0 Å². The Labute approximate surface area is 217 Å². The lowest BCUT2D eigenvalue weighted by atomic mass is 9.93. The van der Waals surface area contributed by atoms with Crippen LogP contribution >= 0.6 is 23.4 Å². The topological polar surface area (TPSA) is 84.2 Å². The summed E-state index contributed by atoms with van der Waals surface area (Å²) in [4.78, 5) is 29.0. The normalized spacial score (nSPS) is 22.8. The smallest absolute Gasteiger partial charge is 0.278 e. The first-order valence-electron chi connectivity index (χ1n) is 11.6. The molecule has 0 radical (unpaired) electrons. The Morgan fingerprint density at radius 1 is 1.14 bits per heavy atom. The molecule has 3 aliphatic rings. The van der Waals surface area contributed by atoms with Crippen LogP contribution in [0.25, 0.3) is 0 Å². The third kappa shape index (κ3) is 3.53. The van der Waals surface area contributed by atoms with Crippen LogP contribution < -0.4 is 10.4 Å². The number of pyridine rings is 1. The Balaban J connectivity index is 1.66. The van der Waals surface area contributed by atoms with Crippen LogP contribution in [0, 0.1) is 0 Å². The molecule has 1 amide bonds. The van der Waals surface area contributed by atoms with Crippen LogP contribution in [0.2, 0.25) is 5.02 Å². The molecule has 0 saturated carbocycles. The second kappa shape index (κ2) is 9.15. The summed E-state index contributed by atoms with van der Waals surface area (Å²) in [7, 11) is 1.57. The molecule has 1 N–H and O–H groups in total. The number of halogens is 1. The monoisotopic (exact) mass is 525 g/mol. The fourth-order valence-corrected chi connectivity index (χ4v) is 6.83. The van der Waals surface area contributed by atoms with Gasteiger partial charge in [0.25, 0.3) is 5.91 Å². The molecular formula is C26H24ClN3O5S. The molecule has 10 heteroatoms. The highest BCUT2D eigenvalue weighted by atomic mass is 35.5. The first kappa shape index (κ1) is 23.4. The van der Waals surface area contributed by atoms with Crippen molar-refractivity contribution in [3.63, 3.8) is 0 Å². The average Bonchev–Trinajstić information content (AvgIpc) is 3.04. The van der Waals surface area contributed by atoms with Gasteiger partial charge in [-0.3, -0.25) is 19.3 Å². The van der Waals surface area contributed by atoms with Gasteiger partial charge in [-0.15, -0.1) is 11.8 Å². The maximum Gasteiger partial charge on any atom is 0.278 e. The van der Waals surface area contributed by atoms with Crippen LogP contribution in [-0.4, -0.2) is 59.7 Å². The van der Waals surface area contributed by atoms with E-state index in [0.717, 1.165) is 27.3 Å². The quantitative estimate of drug-likeness (QED) is 0.561. The highest BCUT2D eigenvalue weighted by molar-refractivity contribution is 7.98. The maximum absolute atomic E-state index is 13.8. The minimum Gasteiger partial charge on any atom is -0.502 e. The Bertz CT molecular complexity index is 1410. The van der Waals surface area contributed by atoms with Gasteiger partial charge in [0, 0.05) is 40.6 Å². The number of rotatable bonds is 3. The molecule has 0 spiro atoms. The molecule has 36 heavy (non-hydrogen) atoms. The van der Waals surface area contributed by atoms with E-state index in [9.17, 15) is 14.7 Å². The number of aromatic hydroxyl groups is 1. The van der Waals surface area contributed by atoms with E-state index in [1.54, 1.807) is 34.6 Å². The number of morpholine rings is 1. The van der Waals surface area contributed by atoms with Crippen molar-refractivity contribution < 1.29 is 19.4 Å². The lowest BCUT2D eigenvalue weighted by molar-refractivity contribution is -0.0693. The van der Waals surface area contributed by atoms with Crippen molar-refractivity contribution >= 4 is 29.3 Å². The number of carbonyl (C=O) groups excluding carboxylic acids is 1. The summed E-state index contributed by atoms with van der Waals surface area (Å²) in [5.41, 5.74) is 2.32. The largest absolute Gasteiger partial charge is 0.502 e. The van der Waals surface area contributed by atoms with E-state index in [1.165, 1.54) is 6.07 Å². The number of thioether (sulfide) groups is 1. The average molecular weight is 526 g/mol. The molecule has 4 heterocycles. The van der Waals surface area contributed by atoms with Crippen molar-refractivity contribution in [1.82, 2.24) is 9.58 Å². The van der Waals surface area contributed by atoms with Crippen molar-refractivity contribution in [2.75, 3.05) is 31.9 Å². The van der Waals surface area contributed by atoms with Crippen LogP contribution in [0.4, 0.5) is 0 Å². The fourth-order valence-electron chi connectivity index (χ4n) is 5.45. The zero-order valence-electron chi connectivity index (χ0n) is 19.5. The van der Waals surface area contributed by atoms with Gasteiger partial charge in [-0.1, -0.05) is 41.9 Å². The zero-order chi connectivity index (χ0) is 25.0. The SMILES string of the molecule is COCC1COC[C@@H]2N1C(=O)c1c(O)c(=O)ccn1N2[C@@H]1c2ccccc2SCc2cccc(Cl)c21. The van der Waals surface area contributed by atoms with Crippen molar-refractivity contribution in [2.45, 2.75) is 28.9 Å². The van der Waals surface area contributed by atoms with E-state index >= 15 is 0 Å². The van der Waals surface area contributed by atoms with Crippen LogP contribution in [0.3, 0.4) is 0 Å². The van der Waals surface area contributed by atoms with Gasteiger partial charge in [0.05, 0.1) is 25.9 Å². The van der Waals surface area contributed by atoms with Crippen molar-refractivity contribution in [2.24, 2.45) is 0 Å². The number of benzene rings is 2. The van der Waals surface area contributed by atoms with Crippen molar-refractivity contribution in [3.8, 4) is 5.75 Å². The van der Waals surface area contributed by atoms with E-state index in [-0.39, 0.29) is 25.5 Å². The van der Waals surface area contributed by atoms with E-state index < -0.39 is 35.3 Å². The Hall–Kier alpha value is -2.98. The molecule has 3 atom stereocenters. The maximum atomic E-state index is 13.8. The number of amides is 1. The Morgan fingerprint density at radius 3 is 2.81 bits per heavy atom. The first-order chi connectivity index (χ1) is 17.5. The molecule has 0 bridgehead atoms. The molecule has 8 nitrogen and oxygen atoms in total. The van der Waals surface area contributed by atoms with Gasteiger partial charge in [0.15, 0.2) is 11.4 Å². The second-order valence-electron chi connectivity index (χ2n) is 8.98. The van der Waals surface area contributed by atoms with Gasteiger partial charge in [-0.2, -0.15) is 0 Å². The molecule has 1 unspecified atom stereocenters. The molecule has 2 aromatic carbocycles. The predicted octanol–water partition coefficient (Wildman–Crippen LogP) is 3.37. The molecule has 6 rings (SSSR count). The van der Waals surface area contributed by atoms with E-state index in [0.29, 0.717) is 5.02 Å². The van der Waals surface area contributed by atoms with Gasteiger partial charge in [0.1, 0.15) is 12.2 Å². The predicted molar refractivity (Wildman–Crippen MR) is 136 cm³/mol. The number of aromatic nitrogens is 1. The van der Waals surface area contributed by atoms with Crippen LogP contribution in [0.15, 0.2) is 64.4 Å². The van der Waals surface area contributed by atoms with Gasteiger partial charge in [-0.25, -0.2) is 0 Å². The lowest BCUT2D eigenvalue weighted by Gasteiger charge is -2.53. The summed E-state index contributed by atoms with van der Waals surface area (Å²) in [5.74, 6) is -0.285. The summed E-state index contributed by atoms with van der Waals surface area (Å²) < 4.78 is 13.0.